The van der Waals surface area contributed by atoms with Crippen LogP contribution in [0, 0.1) is 6.92 Å². The van der Waals surface area contributed by atoms with E-state index in [0.717, 1.165) is 55.4 Å². The molecule has 8 aromatic rings. The predicted octanol–water partition coefficient (Wildman–Crippen LogP) is 7.96. The van der Waals surface area contributed by atoms with Gasteiger partial charge in [-0.2, -0.15) is 30.0 Å². The first-order valence-corrected chi connectivity index (χ1v) is 15.1. The summed E-state index contributed by atoms with van der Waals surface area (Å²) in [6, 6.07) is 54.1. The first kappa shape index (κ1) is 26.7. The Hall–Kier alpha value is -5.88. The van der Waals surface area contributed by atoms with Gasteiger partial charge in [0.25, 0.3) is 0 Å². The minimum Gasteiger partial charge on any atom is -0.172 e. The zero-order chi connectivity index (χ0) is 30.2. The summed E-state index contributed by atoms with van der Waals surface area (Å²) < 4.78 is 0. The fraction of sp³-hybridized carbons (Fsp3) is 0.0769. The van der Waals surface area contributed by atoms with Gasteiger partial charge < -0.3 is 0 Å². The van der Waals surface area contributed by atoms with E-state index < -0.39 is 5.54 Å². The third-order valence-electron chi connectivity index (χ3n) is 8.60. The van der Waals surface area contributed by atoms with Crippen LogP contribution >= 0.6 is 0 Å². The van der Waals surface area contributed by atoms with Gasteiger partial charge in [-0.15, -0.1) is 0 Å². The molecule has 0 spiro atoms. The molecule has 0 bridgehead atoms. The lowest BCUT2D eigenvalue weighted by atomic mass is 9.76. The van der Waals surface area contributed by atoms with Crippen LogP contribution < -0.4 is 0 Å². The second-order valence-corrected chi connectivity index (χ2v) is 11.3. The van der Waals surface area contributed by atoms with E-state index in [0.29, 0.717) is 0 Å². The maximum atomic E-state index is 5.10. The maximum Gasteiger partial charge on any atom is 0.157 e. The molecule has 0 saturated heterocycles. The molecule has 0 fully saturated rings. The molecule has 6 aromatic carbocycles. The Balaban J connectivity index is 1.38. The first-order chi connectivity index (χ1) is 22.2. The van der Waals surface area contributed by atoms with Crippen molar-refractivity contribution in [2.24, 2.45) is 0 Å². The SMILES string of the molecule is Cc1cc(C(c2ccccc2)(c2ccccc2)n2nc3ccccc3n2)ccc1C(c1ccccc1)n1nc2ccccc2n1. The van der Waals surface area contributed by atoms with Crippen molar-refractivity contribution >= 4 is 22.1 Å². The first-order valence-electron chi connectivity index (χ1n) is 15.1. The molecule has 1 unspecified atom stereocenters. The Morgan fingerprint density at radius 1 is 0.467 bits per heavy atom. The van der Waals surface area contributed by atoms with Gasteiger partial charge in [0, 0.05) is 0 Å². The van der Waals surface area contributed by atoms with Gasteiger partial charge in [-0.05, 0) is 64.6 Å². The van der Waals surface area contributed by atoms with Gasteiger partial charge in [0.05, 0.1) is 0 Å². The lowest BCUT2D eigenvalue weighted by Crippen LogP contribution is -2.39. The highest BCUT2D eigenvalue weighted by molar-refractivity contribution is 5.74. The molecule has 45 heavy (non-hydrogen) atoms. The highest BCUT2D eigenvalue weighted by Gasteiger charge is 2.41. The summed E-state index contributed by atoms with van der Waals surface area (Å²) in [6.07, 6.45) is 0. The molecule has 0 amide bonds. The van der Waals surface area contributed by atoms with Crippen LogP contribution in [-0.2, 0) is 5.54 Å². The second kappa shape index (κ2) is 11.0. The standard InChI is InChI=1S/C39H30N6/c1-28-27-32(25-26-33(28)38(29-15-5-2-6-16-29)44-40-34-21-11-12-22-35(34)41-44)39(30-17-7-3-8-18-30,31-19-9-4-10-20-31)45-42-36-23-13-14-24-37(36)43-45/h2-27,38H,1H3. The Labute approximate surface area is 261 Å². The monoisotopic (exact) mass is 582 g/mol. The summed E-state index contributed by atoms with van der Waals surface area (Å²) in [5.41, 5.74) is 9.18. The topological polar surface area (TPSA) is 61.4 Å². The van der Waals surface area contributed by atoms with E-state index in [1.165, 1.54) is 0 Å². The van der Waals surface area contributed by atoms with Gasteiger partial charge in [-0.1, -0.05) is 133 Å². The highest BCUT2D eigenvalue weighted by Crippen LogP contribution is 2.42. The van der Waals surface area contributed by atoms with E-state index in [4.69, 9.17) is 20.4 Å². The lowest BCUT2D eigenvalue weighted by molar-refractivity contribution is 0.408. The average molecular weight is 583 g/mol. The van der Waals surface area contributed by atoms with Crippen molar-refractivity contribution in [1.29, 1.82) is 0 Å². The average Bonchev–Trinajstić information content (AvgIpc) is 3.72. The molecule has 216 valence electrons. The third-order valence-corrected chi connectivity index (χ3v) is 8.60. The molecule has 2 aromatic heterocycles. The molecule has 0 aliphatic carbocycles. The van der Waals surface area contributed by atoms with Gasteiger partial charge in [-0.3, -0.25) is 0 Å². The largest absolute Gasteiger partial charge is 0.172 e. The second-order valence-electron chi connectivity index (χ2n) is 11.3. The third kappa shape index (κ3) is 4.50. The molecule has 1 atom stereocenters. The van der Waals surface area contributed by atoms with Crippen LogP contribution in [0.25, 0.3) is 22.1 Å². The van der Waals surface area contributed by atoms with E-state index >= 15 is 0 Å². The maximum absolute atomic E-state index is 5.10. The van der Waals surface area contributed by atoms with Crippen molar-refractivity contribution in [1.82, 2.24) is 30.0 Å². The smallest absolute Gasteiger partial charge is 0.157 e. The normalized spacial score (nSPS) is 12.5. The van der Waals surface area contributed by atoms with Crippen molar-refractivity contribution in [3.8, 4) is 0 Å². The fourth-order valence-corrected chi connectivity index (χ4v) is 6.49. The number of hydrogen-bond acceptors (Lipinski definition) is 4. The number of aromatic nitrogens is 6. The number of fused-ring (bicyclic) bond motifs is 2. The molecule has 0 N–H and O–H groups in total. The van der Waals surface area contributed by atoms with Crippen LogP contribution in [-0.4, -0.2) is 30.0 Å². The van der Waals surface area contributed by atoms with Crippen molar-refractivity contribution in [3.05, 3.63) is 191 Å². The van der Waals surface area contributed by atoms with Gasteiger partial charge >= 0.3 is 0 Å². The van der Waals surface area contributed by atoms with Crippen LogP contribution in [0.15, 0.2) is 158 Å². The summed E-state index contributed by atoms with van der Waals surface area (Å²) in [6.45, 7) is 2.17. The lowest BCUT2D eigenvalue weighted by Gasteiger charge is -2.35. The predicted molar refractivity (Wildman–Crippen MR) is 178 cm³/mol. The molecule has 6 heteroatoms. The van der Waals surface area contributed by atoms with Gasteiger partial charge in [0.15, 0.2) is 5.54 Å². The van der Waals surface area contributed by atoms with Crippen LogP contribution in [0.4, 0.5) is 0 Å². The minimum absolute atomic E-state index is 0.207. The molecule has 6 nitrogen and oxygen atoms in total. The Bertz CT molecular complexity index is 2130. The van der Waals surface area contributed by atoms with Crippen molar-refractivity contribution in [2.75, 3.05) is 0 Å². The summed E-state index contributed by atoms with van der Waals surface area (Å²) in [5, 5.41) is 20.1. The fourth-order valence-electron chi connectivity index (χ4n) is 6.49. The molecule has 2 heterocycles. The highest BCUT2D eigenvalue weighted by atomic mass is 15.5. The summed E-state index contributed by atoms with van der Waals surface area (Å²) >= 11 is 0. The van der Waals surface area contributed by atoms with E-state index in [-0.39, 0.29) is 6.04 Å². The van der Waals surface area contributed by atoms with E-state index in [2.05, 4.69) is 97.9 Å². The molecular formula is C39H30N6. The van der Waals surface area contributed by atoms with E-state index in [1.54, 1.807) is 0 Å². The van der Waals surface area contributed by atoms with Crippen LogP contribution in [0.3, 0.4) is 0 Å². The zero-order valence-electron chi connectivity index (χ0n) is 24.8. The summed E-state index contributed by atoms with van der Waals surface area (Å²) in [4.78, 5) is 3.75. The number of rotatable bonds is 7. The molecule has 0 aliphatic heterocycles. The minimum atomic E-state index is -0.828. The number of hydrogen-bond donors (Lipinski definition) is 0. The number of benzene rings is 6. The Morgan fingerprint density at radius 2 is 0.911 bits per heavy atom. The van der Waals surface area contributed by atoms with Crippen LogP contribution in [0.1, 0.15) is 39.4 Å². The van der Waals surface area contributed by atoms with Gasteiger partial charge in [0.2, 0.25) is 0 Å². The summed E-state index contributed by atoms with van der Waals surface area (Å²) in [5.74, 6) is 0. The quantitative estimate of drug-likeness (QED) is 0.179. The van der Waals surface area contributed by atoms with Crippen molar-refractivity contribution in [2.45, 2.75) is 18.5 Å². The molecular weight excluding hydrogens is 552 g/mol. The molecule has 0 radical (unpaired) electrons. The van der Waals surface area contributed by atoms with E-state index in [9.17, 15) is 0 Å². The van der Waals surface area contributed by atoms with Crippen LogP contribution in [0.5, 0.6) is 0 Å². The van der Waals surface area contributed by atoms with Gasteiger partial charge in [0.1, 0.15) is 28.1 Å². The van der Waals surface area contributed by atoms with Crippen molar-refractivity contribution < 1.29 is 0 Å². The molecule has 0 aliphatic rings. The Kier molecular flexibility index (Phi) is 6.53. The molecule has 0 saturated carbocycles. The molecule has 8 rings (SSSR count). The van der Waals surface area contributed by atoms with Gasteiger partial charge in [-0.25, -0.2) is 0 Å². The number of aryl methyl sites for hydroxylation is 1. The van der Waals surface area contributed by atoms with Crippen molar-refractivity contribution in [3.63, 3.8) is 0 Å². The number of nitrogens with zero attached hydrogens (tertiary/aromatic N) is 6. The van der Waals surface area contributed by atoms with E-state index in [1.807, 2.05) is 76.3 Å². The Morgan fingerprint density at radius 3 is 1.40 bits per heavy atom. The summed E-state index contributed by atoms with van der Waals surface area (Å²) in [7, 11) is 0. The zero-order valence-corrected chi connectivity index (χ0v) is 24.8. The van der Waals surface area contributed by atoms with Crippen LogP contribution in [0.2, 0.25) is 0 Å².